The molecule has 1 aromatic heterocycles. The molecule has 0 radical (unpaired) electrons. The average molecular weight is 199 g/mol. The van der Waals surface area contributed by atoms with Gasteiger partial charge in [0, 0.05) is 17.1 Å². The van der Waals surface area contributed by atoms with Crippen molar-refractivity contribution >= 4 is 0 Å². The van der Waals surface area contributed by atoms with Gasteiger partial charge in [-0.3, -0.25) is 0 Å². The highest BCUT2D eigenvalue weighted by Crippen LogP contribution is 2.16. The van der Waals surface area contributed by atoms with Gasteiger partial charge in [-0.25, -0.2) is 0 Å². The van der Waals surface area contributed by atoms with Gasteiger partial charge in [-0.05, 0) is 50.1 Å². The molecule has 1 heterocycles. The molecule has 0 saturated carbocycles. The SMILES string of the molecule is CCc1ccc(-n2c(C)ccc2C)cc1. The fraction of sp³-hybridized carbons (Fsp3) is 0.286. The third kappa shape index (κ3) is 1.82. The second-order valence-electron chi connectivity index (χ2n) is 3.97. The zero-order valence-electron chi connectivity index (χ0n) is 9.62. The van der Waals surface area contributed by atoms with Crippen LogP contribution in [-0.2, 0) is 6.42 Å². The molecule has 0 aliphatic heterocycles. The van der Waals surface area contributed by atoms with E-state index in [9.17, 15) is 0 Å². The van der Waals surface area contributed by atoms with Crippen LogP contribution < -0.4 is 0 Å². The Kier molecular flexibility index (Phi) is 2.63. The zero-order valence-corrected chi connectivity index (χ0v) is 9.62. The maximum Gasteiger partial charge on any atom is 0.0455 e. The van der Waals surface area contributed by atoms with Crippen LogP contribution in [0.2, 0.25) is 0 Å². The van der Waals surface area contributed by atoms with E-state index in [0.29, 0.717) is 0 Å². The molecular weight excluding hydrogens is 182 g/mol. The lowest BCUT2D eigenvalue weighted by Gasteiger charge is -2.09. The summed E-state index contributed by atoms with van der Waals surface area (Å²) in [6, 6.07) is 13.1. The third-order valence-electron chi connectivity index (χ3n) is 2.87. The average Bonchev–Trinajstić information content (AvgIpc) is 2.59. The summed E-state index contributed by atoms with van der Waals surface area (Å²) in [5.41, 5.74) is 5.22. The summed E-state index contributed by atoms with van der Waals surface area (Å²) in [6.07, 6.45) is 1.10. The quantitative estimate of drug-likeness (QED) is 0.695. The van der Waals surface area contributed by atoms with E-state index in [4.69, 9.17) is 0 Å². The van der Waals surface area contributed by atoms with Crippen LogP contribution in [0.4, 0.5) is 0 Å². The van der Waals surface area contributed by atoms with Crippen LogP contribution in [0.15, 0.2) is 36.4 Å². The minimum Gasteiger partial charge on any atom is -0.319 e. The first-order valence-corrected chi connectivity index (χ1v) is 5.46. The molecule has 0 N–H and O–H groups in total. The second-order valence-corrected chi connectivity index (χ2v) is 3.97. The fourth-order valence-electron chi connectivity index (χ4n) is 1.96. The van der Waals surface area contributed by atoms with Gasteiger partial charge < -0.3 is 4.57 Å². The molecule has 0 bridgehead atoms. The van der Waals surface area contributed by atoms with E-state index >= 15 is 0 Å². The van der Waals surface area contributed by atoms with Gasteiger partial charge in [0.1, 0.15) is 0 Å². The van der Waals surface area contributed by atoms with E-state index in [1.54, 1.807) is 0 Å². The molecule has 0 fully saturated rings. The van der Waals surface area contributed by atoms with Gasteiger partial charge in [-0.1, -0.05) is 19.1 Å². The number of aryl methyl sites for hydroxylation is 3. The summed E-state index contributed by atoms with van der Waals surface area (Å²) in [5, 5.41) is 0. The Balaban J connectivity index is 2.45. The molecule has 1 aromatic carbocycles. The molecular formula is C14H17N. The number of rotatable bonds is 2. The summed E-state index contributed by atoms with van der Waals surface area (Å²) >= 11 is 0. The Morgan fingerprint density at radius 1 is 0.867 bits per heavy atom. The first-order valence-electron chi connectivity index (χ1n) is 5.46. The lowest BCUT2D eigenvalue weighted by atomic mass is 10.1. The highest BCUT2D eigenvalue weighted by atomic mass is 15.0. The number of hydrogen-bond acceptors (Lipinski definition) is 0. The normalized spacial score (nSPS) is 10.6. The van der Waals surface area contributed by atoms with Gasteiger partial charge in [0.05, 0.1) is 0 Å². The van der Waals surface area contributed by atoms with Gasteiger partial charge in [0.15, 0.2) is 0 Å². The lowest BCUT2D eigenvalue weighted by molar-refractivity contribution is 0.963. The molecule has 0 unspecified atom stereocenters. The van der Waals surface area contributed by atoms with Gasteiger partial charge >= 0.3 is 0 Å². The Morgan fingerprint density at radius 2 is 1.40 bits per heavy atom. The van der Waals surface area contributed by atoms with E-state index in [1.165, 1.54) is 22.6 Å². The predicted molar refractivity (Wildman–Crippen MR) is 64.6 cm³/mol. The van der Waals surface area contributed by atoms with Crippen molar-refractivity contribution in [2.24, 2.45) is 0 Å². The van der Waals surface area contributed by atoms with E-state index in [-0.39, 0.29) is 0 Å². The molecule has 1 heteroatoms. The second kappa shape index (κ2) is 3.93. The van der Waals surface area contributed by atoms with Gasteiger partial charge in [0.25, 0.3) is 0 Å². The minimum absolute atomic E-state index is 1.10. The minimum atomic E-state index is 1.10. The maximum absolute atomic E-state index is 2.28. The number of aromatic nitrogens is 1. The summed E-state index contributed by atoms with van der Waals surface area (Å²) in [6.45, 7) is 6.46. The van der Waals surface area contributed by atoms with Gasteiger partial charge in [0.2, 0.25) is 0 Å². The van der Waals surface area contributed by atoms with Crippen molar-refractivity contribution in [3.63, 3.8) is 0 Å². The summed E-state index contributed by atoms with van der Waals surface area (Å²) < 4.78 is 2.28. The monoisotopic (exact) mass is 199 g/mol. The molecule has 2 aromatic rings. The maximum atomic E-state index is 2.28. The molecule has 0 aliphatic carbocycles. The number of hydrogen-bond donors (Lipinski definition) is 0. The topological polar surface area (TPSA) is 4.93 Å². The Labute approximate surface area is 91.4 Å². The summed E-state index contributed by atoms with van der Waals surface area (Å²) in [7, 11) is 0. The van der Waals surface area contributed by atoms with Crippen LogP contribution in [0, 0.1) is 13.8 Å². The van der Waals surface area contributed by atoms with E-state index in [2.05, 4.69) is 61.7 Å². The Hall–Kier alpha value is -1.50. The molecule has 2 rings (SSSR count). The van der Waals surface area contributed by atoms with Crippen molar-refractivity contribution in [2.45, 2.75) is 27.2 Å². The Morgan fingerprint density at radius 3 is 1.87 bits per heavy atom. The van der Waals surface area contributed by atoms with Crippen molar-refractivity contribution in [1.82, 2.24) is 4.57 Å². The number of nitrogens with zero attached hydrogens (tertiary/aromatic N) is 1. The van der Waals surface area contributed by atoms with Crippen molar-refractivity contribution < 1.29 is 0 Å². The van der Waals surface area contributed by atoms with Crippen molar-refractivity contribution in [2.75, 3.05) is 0 Å². The van der Waals surface area contributed by atoms with E-state index < -0.39 is 0 Å². The summed E-state index contributed by atoms with van der Waals surface area (Å²) in [4.78, 5) is 0. The van der Waals surface area contributed by atoms with Crippen LogP contribution in [0.25, 0.3) is 5.69 Å². The lowest BCUT2D eigenvalue weighted by Crippen LogP contribution is -1.98. The van der Waals surface area contributed by atoms with Crippen molar-refractivity contribution in [3.05, 3.63) is 53.3 Å². The standard InChI is InChI=1S/C14H17N/c1-4-13-7-9-14(10-8-13)15-11(2)5-6-12(15)3/h5-10H,4H2,1-3H3. The predicted octanol–water partition coefficient (Wildman–Crippen LogP) is 3.66. The van der Waals surface area contributed by atoms with E-state index in [0.717, 1.165) is 6.42 Å². The summed E-state index contributed by atoms with van der Waals surface area (Å²) in [5.74, 6) is 0. The molecule has 0 saturated heterocycles. The van der Waals surface area contributed by atoms with Crippen LogP contribution in [-0.4, -0.2) is 4.57 Å². The van der Waals surface area contributed by atoms with Crippen LogP contribution in [0.3, 0.4) is 0 Å². The zero-order chi connectivity index (χ0) is 10.8. The van der Waals surface area contributed by atoms with Crippen molar-refractivity contribution in [3.8, 4) is 5.69 Å². The molecule has 0 spiro atoms. The first kappa shape index (κ1) is 10.0. The number of benzene rings is 1. The Bertz CT molecular complexity index is 429. The molecule has 0 atom stereocenters. The van der Waals surface area contributed by atoms with Gasteiger partial charge in [-0.2, -0.15) is 0 Å². The van der Waals surface area contributed by atoms with Crippen LogP contribution >= 0.6 is 0 Å². The first-order chi connectivity index (χ1) is 7.22. The molecule has 1 nitrogen and oxygen atoms in total. The molecule has 78 valence electrons. The highest BCUT2D eigenvalue weighted by molar-refractivity contribution is 5.39. The van der Waals surface area contributed by atoms with Crippen LogP contribution in [0.5, 0.6) is 0 Å². The molecule has 15 heavy (non-hydrogen) atoms. The fourth-order valence-corrected chi connectivity index (χ4v) is 1.96. The largest absolute Gasteiger partial charge is 0.319 e. The smallest absolute Gasteiger partial charge is 0.0455 e. The van der Waals surface area contributed by atoms with Crippen molar-refractivity contribution in [1.29, 1.82) is 0 Å². The molecule has 0 aliphatic rings. The third-order valence-corrected chi connectivity index (χ3v) is 2.87. The van der Waals surface area contributed by atoms with E-state index in [1.807, 2.05) is 0 Å². The molecule has 0 amide bonds. The van der Waals surface area contributed by atoms with Crippen LogP contribution in [0.1, 0.15) is 23.9 Å². The van der Waals surface area contributed by atoms with Gasteiger partial charge in [-0.15, -0.1) is 0 Å². The highest BCUT2D eigenvalue weighted by Gasteiger charge is 2.02.